The van der Waals surface area contributed by atoms with Crippen LogP contribution in [0.3, 0.4) is 0 Å². The Morgan fingerprint density at radius 1 is 1.00 bits per heavy atom. The van der Waals surface area contributed by atoms with E-state index < -0.39 is 11.7 Å². The van der Waals surface area contributed by atoms with Gasteiger partial charge in [0.15, 0.2) is 0 Å². The molecule has 0 aromatic rings. The summed E-state index contributed by atoms with van der Waals surface area (Å²) in [5.74, 6) is -0.236. The third-order valence-corrected chi connectivity index (χ3v) is 5.56. The van der Waals surface area contributed by atoms with Gasteiger partial charge in [0, 0.05) is 25.0 Å². The van der Waals surface area contributed by atoms with Crippen LogP contribution < -0.4 is 10.6 Å². The summed E-state index contributed by atoms with van der Waals surface area (Å²) in [7, 11) is 0. The Morgan fingerprint density at radius 3 is 2.22 bits per heavy atom. The highest BCUT2D eigenvalue weighted by Gasteiger charge is 2.42. The minimum absolute atomic E-state index is 0.0608. The minimum atomic E-state index is -0.552. The van der Waals surface area contributed by atoms with Crippen molar-refractivity contribution < 1.29 is 19.1 Å². The highest BCUT2D eigenvalue weighted by Crippen LogP contribution is 2.32. The Balaban J connectivity index is 1.57. The van der Waals surface area contributed by atoms with Crippen LogP contribution in [0.1, 0.15) is 72.1 Å². The molecule has 7 heteroatoms. The molecule has 1 heterocycles. The van der Waals surface area contributed by atoms with Crippen molar-refractivity contribution in [2.75, 3.05) is 6.54 Å². The lowest BCUT2D eigenvalue weighted by Gasteiger charge is -2.29. The molecule has 1 aliphatic heterocycles. The number of alkyl carbamates (subject to hydrolysis) is 1. The van der Waals surface area contributed by atoms with E-state index in [0.29, 0.717) is 19.0 Å². The fraction of sp³-hybridized carbons (Fsp3) is 0.850. The predicted molar refractivity (Wildman–Crippen MR) is 101 cm³/mol. The van der Waals surface area contributed by atoms with Gasteiger partial charge in [-0.05, 0) is 46.5 Å². The smallest absolute Gasteiger partial charge is 0.407 e. The van der Waals surface area contributed by atoms with Gasteiger partial charge in [-0.2, -0.15) is 0 Å². The summed E-state index contributed by atoms with van der Waals surface area (Å²) in [5, 5.41) is 6.09. The number of rotatable bonds is 4. The standard InChI is InChI=1S/C20H33N3O4/c1-20(2,3)27-19(26)22-16-8-6-4-5-7-15(16)21-18(25)13-11-17(24)23(12-13)14-9-10-14/h13-16H,4-12H2,1-3H3,(H,21,25)(H,22,26)/t13?,15-,16-/m1/s1. The molecule has 3 rings (SSSR count). The van der Waals surface area contributed by atoms with Crippen LogP contribution in [0.15, 0.2) is 0 Å². The van der Waals surface area contributed by atoms with E-state index in [1.54, 1.807) is 0 Å². The summed E-state index contributed by atoms with van der Waals surface area (Å²) in [4.78, 5) is 39.0. The van der Waals surface area contributed by atoms with Crippen LogP contribution in [0.4, 0.5) is 4.79 Å². The van der Waals surface area contributed by atoms with Crippen LogP contribution in [0.5, 0.6) is 0 Å². The Labute approximate surface area is 161 Å². The second kappa shape index (κ2) is 8.07. The normalized spacial score (nSPS) is 29.2. The third kappa shape index (κ3) is 5.59. The fourth-order valence-corrected chi connectivity index (χ4v) is 4.06. The lowest BCUT2D eigenvalue weighted by atomic mass is 10.0. The molecule has 3 atom stereocenters. The number of nitrogens with zero attached hydrogens (tertiary/aromatic N) is 1. The molecular weight excluding hydrogens is 346 g/mol. The Morgan fingerprint density at radius 2 is 1.63 bits per heavy atom. The van der Waals surface area contributed by atoms with Crippen molar-refractivity contribution in [1.29, 1.82) is 0 Å². The predicted octanol–water partition coefficient (Wildman–Crippen LogP) is 2.34. The fourth-order valence-electron chi connectivity index (χ4n) is 4.06. The van der Waals surface area contributed by atoms with E-state index in [0.717, 1.165) is 44.9 Å². The first-order chi connectivity index (χ1) is 12.7. The first-order valence-electron chi connectivity index (χ1n) is 10.3. The summed E-state index contributed by atoms with van der Waals surface area (Å²) in [6, 6.07) is 0.107. The molecule has 0 aromatic carbocycles. The molecule has 2 N–H and O–H groups in total. The Bertz CT molecular complexity index is 582. The van der Waals surface area contributed by atoms with Gasteiger partial charge >= 0.3 is 6.09 Å². The van der Waals surface area contributed by atoms with Gasteiger partial charge in [0.25, 0.3) is 0 Å². The van der Waals surface area contributed by atoms with Crippen LogP contribution in [0.25, 0.3) is 0 Å². The van der Waals surface area contributed by atoms with E-state index in [2.05, 4.69) is 10.6 Å². The molecule has 1 unspecified atom stereocenters. The van der Waals surface area contributed by atoms with Gasteiger partial charge < -0.3 is 20.3 Å². The molecule has 0 radical (unpaired) electrons. The number of amides is 3. The number of carbonyl (C=O) groups excluding carboxylic acids is 3. The largest absolute Gasteiger partial charge is 0.444 e. The zero-order valence-corrected chi connectivity index (χ0v) is 16.8. The number of hydrogen-bond donors (Lipinski definition) is 2. The zero-order chi connectivity index (χ0) is 19.6. The molecular formula is C20H33N3O4. The molecule has 0 spiro atoms. The summed E-state index contributed by atoms with van der Waals surface area (Å²) >= 11 is 0. The van der Waals surface area contributed by atoms with Crippen LogP contribution >= 0.6 is 0 Å². The van der Waals surface area contributed by atoms with Crippen molar-refractivity contribution in [3.05, 3.63) is 0 Å². The van der Waals surface area contributed by atoms with Crippen molar-refractivity contribution in [2.45, 2.75) is 95.9 Å². The zero-order valence-electron chi connectivity index (χ0n) is 16.8. The van der Waals surface area contributed by atoms with E-state index in [1.807, 2.05) is 25.7 Å². The number of hydrogen-bond acceptors (Lipinski definition) is 4. The quantitative estimate of drug-likeness (QED) is 0.734. The molecule has 152 valence electrons. The molecule has 1 saturated heterocycles. The van der Waals surface area contributed by atoms with Crippen LogP contribution in [-0.2, 0) is 14.3 Å². The van der Waals surface area contributed by atoms with E-state index in [-0.39, 0.29) is 29.8 Å². The SMILES string of the molecule is CC(C)(C)OC(=O)N[C@@H]1CCCCC[C@H]1NC(=O)C1CC(=O)N(C2CC2)C1. The first-order valence-corrected chi connectivity index (χ1v) is 10.3. The van der Waals surface area contributed by atoms with Gasteiger partial charge in [0.2, 0.25) is 11.8 Å². The summed E-state index contributed by atoms with van der Waals surface area (Å²) < 4.78 is 5.38. The summed E-state index contributed by atoms with van der Waals surface area (Å²) in [6.45, 7) is 6.04. The van der Waals surface area contributed by atoms with Gasteiger partial charge in [-0.15, -0.1) is 0 Å². The van der Waals surface area contributed by atoms with Gasteiger partial charge in [0.1, 0.15) is 5.60 Å². The number of ether oxygens (including phenoxy) is 1. The maximum atomic E-state index is 12.8. The number of nitrogens with one attached hydrogen (secondary N) is 2. The van der Waals surface area contributed by atoms with E-state index in [1.165, 1.54) is 0 Å². The molecule has 3 amide bonds. The van der Waals surface area contributed by atoms with Crippen LogP contribution in [-0.4, -0.2) is 53.1 Å². The molecule has 3 aliphatic rings. The number of likely N-dealkylation sites (tertiary alicyclic amines) is 1. The topological polar surface area (TPSA) is 87.7 Å². The third-order valence-electron chi connectivity index (χ3n) is 5.56. The van der Waals surface area contributed by atoms with Crippen molar-refractivity contribution in [1.82, 2.24) is 15.5 Å². The summed E-state index contributed by atoms with van der Waals surface area (Å²) in [6.07, 6.45) is 6.77. The molecule has 3 fully saturated rings. The van der Waals surface area contributed by atoms with Gasteiger partial charge in [-0.25, -0.2) is 4.79 Å². The maximum absolute atomic E-state index is 12.8. The van der Waals surface area contributed by atoms with Crippen LogP contribution in [0, 0.1) is 5.92 Å². The molecule has 0 bridgehead atoms. The molecule has 27 heavy (non-hydrogen) atoms. The van der Waals surface area contributed by atoms with Crippen molar-refractivity contribution >= 4 is 17.9 Å². The van der Waals surface area contributed by atoms with Crippen molar-refractivity contribution in [3.63, 3.8) is 0 Å². The highest BCUT2D eigenvalue weighted by atomic mass is 16.6. The van der Waals surface area contributed by atoms with Crippen molar-refractivity contribution in [2.24, 2.45) is 5.92 Å². The van der Waals surface area contributed by atoms with E-state index in [4.69, 9.17) is 4.74 Å². The molecule has 2 saturated carbocycles. The molecule has 7 nitrogen and oxygen atoms in total. The lowest BCUT2D eigenvalue weighted by molar-refractivity contribution is -0.129. The van der Waals surface area contributed by atoms with Gasteiger partial charge in [0.05, 0.1) is 12.0 Å². The summed E-state index contributed by atoms with van der Waals surface area (Å²) in [5.41, 5.74) is -0.552. The average molecular weight is 380 g/mol. The van der Waals surface area contributed by atoms with Gasteiger partial charge in [-0.3, -0.25) is 9.59 Å². The van der Waals surface area contributed by atoms with Crippen LogP contribution in [0.2, 0.25) is 0 Å². The lowest BCUT2D eigenvalue weighted by Crippen LogP contribution is -2.53. The maximum Gasteiger partial charge on any atom is 0.407 e. The monoisotopic (exact) mass is 379 g/mol. The van der Waals surface area contributed by atoms with Crippen molar-refractivity contribution in [3.8, 4) is 0 Å². The number of carbonyl (C=O) groups is 3. The van der Waals surface area contributed by atoms with E-state index in [9.17, 15) is 14.4 Å². The second-order valence-corrected chi connectivity index (χ2v) is 9.18. The minimum Gasteiger partial charge on any atom is -0.444 e. The highest BCUT2D eigenvalue weighted by molar-refractivity contribution is 5.89. The van der Waals surface area contributed by atoms with E-state index >= 15 is 0 Å². The molecule has 0 aromatic heterocycles. The Kier molecular flexibility index (Phi) is 5.96. The first kappa shape index (κ1) is 20.0. The second-order valence-electron chi connectivity index (χ2n) is 9.18. The Hall–Kier alpha value is -1.79. The van der Waals surface area contributed by atoms with Gasteiger partial charge in [-0.1, -0.05) is 19.3 Å². The average Bonchev–Trinajstić information content (AvgIpc) is 3.34. The molecule has 2 aliphatic carbocycles.